The lowest BCUT2D eigenvalue weighted by molar-refractivity contribution is 0.557. The van der Waals surface area contributed by atoms with Gasteiger partial charge in [0.1, 0.15) is 0 Å². The van der Waals surface area contributed by atoms with Gasteiger partial charge in [-0.25, -0.2) is 17.7 Å². The van der Waals surface area contributed by atoms with E-state index in [0.717, 1.165) is 10.6 Å². The Morgan fingerprint density at radius 1 is 1.70 bits per heavy atom. The molecular formula is C4H9N3O2S. The van der Waals surface area contributed by atoms with Crippen molar-refractivity contribution >= 4 is 22.7 Å². The first-order chi connectivity index (χ1) is 4.39. The Labute approximate surface area is 59.9 Å². The fraction of sp³-hybridized carbons (Fsp3) is 0.500. The number of sulfonamides is 1. The van der Waals surface area contributed by atoms with E-state index in [1.54, 1.807) is 0 Å². The van der Waals surface area contributed by atoms with E-state index in [1.807, 2.05) is 0 Å². The zero-order chi connectivity index (χ0) is 8.36. The monoisotopic (exact) mass is 163 g/mol. The predicted octanol–water partition coefficient (Wildman–Crippen LogP) is -0.487. The average molecular weight is 163 g/mol. The van der Waals surface area contributed by atoms with Gasteiger partial charge in [0.2, 0.25) is 16.0 Å². The molecule has 0 aromatic rings. The highest BCUT2D eigenvalue weighted by molar-refractivity contribution is 7.88. The fourth-order valence-corrected chi connectivity index (χ4v) is 0.629. The second-order valence-corrected chi connectivity index (χ2v) is 3.73. The molecule has 0 spiro atoms. The molecule has 0 saturated heterocycles. The summed E-state index contributed by atoms with van der Waals surface area (Å²) in [5.74, 6) is -0.373. The van der Waals surface area contributed by atoms with Crippen LogP contribution in [0.2, 0.25) is 0 Å². The molecule has 0 bridgehead atoms. The van der Waals surface area contributed by atoms with Crippen molar-refractivity contribution in [3.8, 4) is 0 Å². The number of nitrogens with one attached hydrogen (secondary N) is 1. The second kappa shape index (κ2) is 2.78. The minimum absolute atomic E-state index is 0.373. The summed E-state index contributed by atoms with van der Waals surface area (Å²) in [5.41, 5.74) is 0. The van der Waals surface area contributed by atoms with Crippen LogP contribution in [0.15, 0.2) is 4.99 Å². The zero-order valence-corrected chi connectivity index (χ0v) is 6.64. The van der Waals surface area contributed by atoms with Crippen molar-refractivity contribution in [3.63, 3.8) is 0 Å². The number of rotatable bonds is 1. The SMILES string of the molecule is C=NC(=N)N(C)S(C)(=O)=O. The first kappa shape index (κ1) is 9.09. The standard InChI is InChI=1S/C4H9N3O2S/c1-6-4(5)7(2)10(3,8)9/h5H,1H2,2-3H3. The number of aliphatic imine (C=N–C) groups is 1. The fourth-order valence-electron chi connectivity index (χ4n) is 0.257. The maximum absolute atomic E-state index is 10.6. The summed E-state index contributed by atoms with van der Waals surface area (Å²) in [4.78, 5) is 3.13. The first-order valence-corrected chi connectivity index (χ1v) is 4.23. The second-order valence-electron chi connectivity index (χ2n) is 1.71. The summed E-state index contributed by atoms with van der Waals surface area (Å²) in [6.45, 7) is 3.01. The van der Waals surface area contributed by atoms with Gasteiger partial charge < -0.3 is 0 Å². The summed E-state index contributed by atoms with van der Waals surface area (Å²) in [6, 6.07) is 0. The van der Waals surface area contributed by atoms with Crippen LogP contribution in [0.5, 0.6) is 0 Å². The van der Waals surface area contributed by atoms with Gasteiger partial charge in [-0.3, -0.25) is 5.41 Å². The van der Waals surface area contributed by atoms with E-state index >= 15 is 0 Å². The summed E-state index contributed by atoms with van der Waals surface area (Å²) >= 11 is 0. The summed E-state index contributed by atoms with van der Waals surface area (Å²) in [7, 11) is -2.10. The van der Waals surface area contributed by atoms with Gasteiger partial charge in [0.15, 0.2) is 0 Å². The molecule has 0 aromatic heterocycles. The van der Waals surface area contributed by atoms with Crippen LogP contribution in [-0.4, -0.2) is 38.7 Å². The van der Waals surface area contributed by atoms with E-state index in [4.69, 9.17) is 5.41 Å². The van der Waals surface area contributed by atoms with E-state index in [-0.39, 0.29) is 5.96 Å². The molecule has 58 valence electrons. The van der Waals surface area contributed by atoms with Crippen molar-refractivity contribution in [2.24, 2.45) is 4.99 Å². The lowest BCUT2D eigenvalue weighted by Crippen LogP contribution is -2.30. The summed E-state index contributed by atoms with van der Waals surface area (Å²) in [5, 5.41) is 6.92. The van der Waals surface area contributed by atoms with Crippen LogP contribution in [0.4, 0.5) is 0 Å². The Bertz CT molecular complexity index is 243. The predicted molar refractivity (Wildman–Crippen MR) is 39.9 cm³/mol. The Morgan fingerprint density at radius 3 is 2.20 bits per heavy atom. The summed E-state index contributed by atoms with van der Waals surface area (Å²) < 4.78 is 22.0. The Hall–Kier alpha value is -0.910. The van der Waals surface area contributed by atoms with E-state index in [0.29, 0.717) is 0 Å². The molecule has 0 amide bonds. The largest absolute Gasteiger partial charge is 0.266 e. The van der Waals surface area contributed by atoms with Gasteiger partial charge in [-0.2, -0.15) is 0 Å². The van der Waals surface area contributed by atoms with Gasteiger partial charge in [-0.15, -0.1) is 0 Å². The first-order valence-electron chi connectivity index (χ1n) is 2.38. The molecule has 0 aliphatic carbocycles. The van der Waals surface area contributed by atoms with Gasteiger partial charge >= 0.3 is 0 Å². The topological polar surface area (TPSA) is 73.6 Å². The quantitative estimate of drug-likeness (QED) is 0.418. The molecule has 0 atom stereocenters. The molecule has 0 aliphatic rings. The number of guanidine groups is 1. The molecule has 0 fully saturated rings. The molecule has 0 saturated carbocycles. The normalized spacial score (nSPS) is 10.6. The minimum Gasteiger partial charge on any atom is -0.266 e. The van der Waals surface area contributed by atoms with Crippen molar-refractivity contribution in [1.29, 1.82) is 5.41 Å². The van der Waals surface area contributed by atoms with Crippen LogP contribution in [0, 0.1) is 5.41 Å². The molecule has 0 aromatic carbocycles. The number of nitrogens with zero attached hydrogens (tertiary/aromatic N) is 2. The molecule has 1 N–H and O–H groups in total. The van der Waals surface area contributed by atoms with E-state index in [9.17, 15) is 8.42 Å². The van der Waals surface area contributed by atoms with Crippen molar-refractivity contribution in [2.75, 3.05) is 13.3 Å². The third-order valence-corrected chi connectivity index (χ3v) is 2.11. The molecule has 0 aliphatic heterocycles. The maximum atomic E-state index is 10.6. The lowest BCUT2D eigenvalue weighted by atomic mass is 11.0. The van der Waals surface area contributed by atoms with Crippen LogP contribution in [0.3, 0.4) is 0 Å². The highest BCUT2D eigenvalue weighted by atomic mass is 32.2. The van der Waals surface area contributed by atoms with Crippen LogP contribution in [0.25, 0.3) is 0 Å². The Kier molecular flexibility index (Phi) is 2.53. The van der Waals surface area contributed by atoms with Crippen molar-refractivity contribution < 1.29 is 8.42 Å². The van der Waals surface area contributed by atoms with Crippen molar-refractivity contribution in [1.82, 2.24) is 4.31 Å². The Morgan fingerprint density at radius 2 is 2.10 bits per heavy atom. The molecule has 0 unspecified atom stereocenters. The lowest BCUT2D eigenvalue weighted by Gasteiger charge is -2.12. The molecule has 6 heteroatoms. The summed E-state index contributed by atoms with van der Waals surface area (Å²) in [6.07, 6.45) is 0.993. The van der Waals surface area contributed by atoms with Crippen LogP contribution in [-0.2, 0) is 10.0 Å². The molecule has 10 heavy (non-hydrogen) atoms. The third kappa shape index (κ3) is 2.14. The zero-order valence-electron chi connectivity index (χ0n) is 5.83. The van der Waals surface area contributed by atoms with E-state index < -0.39 is 10.0 Å². The van der Waals surface area contributed by atoms with Gasteiger partial charge in [-0.1, -0.05) is 0 Å². The van der Waals surface area contributed by atoms with Crippen molar-refractivity contribution in [2.45, 2.75) is 0 Å². The van der Waals surface area contributed by atoms with Crippen LogP contribution in [0.1, 0.15) is 0 Å². The maximum Gasteiger partial charge on any atom is 0.234 e. The highest BCUT2D eigenvalue weighted by Gasteiger charge is 2.12. The van der Waals surface area contributed by atoms with E-state index in [2.05, 4.69) is 11.7 Å². The molecule has 0 rings (SSSR count). The van der Waals surface area contributed by atoms with Gasteiger partial charge in [-0.05, 0) is 6.72 Å². The van der Waals surface area contributed by atoms with E-state index in [1.165, 1.54) is 7.05 Å². The number of hydrogen-bond donors (Lipinski definition) is 1. The smallest absolute Gasteiger partial charge is 0.234 e. The van der Waals surface area contributed by atoms with Crippen molar-refractivity contribution in [3.05, 3.63) is 0 Å². The van der Waals surface area contributed by atoms with Gasteiger partial charge in [0.25, 0.3) is 0 Å². The van der Waals surface area contributed by atoms with Crippen LogP contribution >= 0.6 is 0 Å². The number of hydrogen-bond acceptors (Lipinski definition) is 3. The molecule has 5 nitrogen and oxygen atoms in total. The van der Waals surface area contributed by atoms with Gasteiger partial charge in [0.05, 0.1) is 6.26 Å². The minimum atomic E-state index is -3.34. The average Bonchev–Trinajstić information content (AvgIpc) is 1.83. The highest BCUT2D eigenvalue weighted by Crippen LogP contribution is 1.93. The third-order valence-electron chi connectivity index (χ3n) is 0.946. The Balaban J connectivity index is 4.54. The molecular weight excluding hydrogens is 154 g/mol. The van der Waals surface area contributed by atoms with Crippen LogP contribution < -0.4 is 0 Å². The molecule has 0 heterocycles. The molecule has 0 radical (unpaired) electrons. The van der Waals surface area contributed by atoms with Gasteiger partial charge in [0, 0.05) is 7.05 Å².